The highest BCUT2D eigenvalue weighted by atomic mass is 35.5. The van der Waals surface area contributed by atoms with Crippen LogP contribution in [0.25, 0.3) is 11.1 Å². The highest BCUT2D eigenvalue weighted by Crippen LogP contribution is 2.37. The van der Waals surface area contributed by atoms with Crippen LogP contribution in [0.5, 0.6) is 0 Å². The van der Waals surface area contributed by atoms with Gasteiger partial charge in [0, 0.05) is 17.0 Å². The molecule has 0 aliphatic rings. The van der Waals surface area contributed by atoms with Crippen molar-refractivity contribution in [2.45, 2.75) is 34.1 Å². The van der Waals surface area contributed by atoms with Crippen molar-refractivity contribution in [3.63, 3.8) is 0 Å². The molecule has 1 atom stereocenters. The summed E-state index contributed by atoms with van der Waals surface area (Å²) in [5.74, 6) is 1.64. The minimum Gasteiger partial charge on any atom is -0.380 e. The second-order valence-electron chi connectivity index (χ2n) is 6.32. The molecule has 0 saturated carbocycles. The molecule has 2 N–H and O–H groups in total. The van der Waals surface area contributed by atoms with Gasteiger partial charge in [-0.25, -0.2) is 0 Å². The summed E-state index contributed by atoms with van der Waals surface area (Å²) in [7, 11) is 0. The van der Waals surface area contributed by atoms with E-state index in [4.69, 9.17) is 21.9 Å². The van der Waals surface area contributed by atoms with Crippen molar-refractivity contribution >= 4 is 17.4 Å². The van der Waals surface area contributed by atoms with Gasteiger partial charge in [0.05, 0.1) is 5.56 Å². The smallest absolute Gasteiger partial charge is 0.175 e. The van der Waals surface area contributed by atoms with Crippen LogP contribution in [0.3, 0.4) is 0 Å². The number of benzene rings is 1. The van der Waals surface area contributed by atoms with Gasteiger partial charge < -0.3 is 10.3 Å². The summed E-state index contributed by atoms with van der Waals surface area (Å²) in [6.45, 7) is 8.85. The molecule has 1 aromatic carbocycles. The van der Waals surface area contributed by atoms with Crippen LogP contribution in [0, 0.1) is 11.3 Å². The van der Waals surface area contributed by atoms with Gasteiger partial charge in [-0.15, -0.1) is 0 Å². The number of hydrogen-bond acceptors (Lipinski definition) is 3. The molecule has 0 spiro atoms. The average molecular weight is 293 g/mol. The summed E-state index contributed by atoms with van der Waals surface area (Å²) in [4.78, 5) is 0. The third-order valence-corrected chi connectivity index (χ3v) is 4.23. The molecular formula is C16H21ClN2O. The van der Waals surface area contributed by atoms with Crippen molar-refractivity contribution in [1.29, 1.82) is 0 Å². The van der Waals surface area contributed by atoms with Crippen LogP contribution in [0.15, 0.2) is 28.8 Å². The third-order valence-electron chi connectivity index (χ3n) is 3.90. The second kappa shape index (κ2) is 5.49. The van der Waals surface area contributed by atoms with E-state index >= 15 is 0 Å². The summed E-state index contributed by atoms with van der Waals surface area (Å²) in [5, 5.41) is 4.57. The Bertz CT molecular complexity index is 599. The van der Waals surface area contributed by atoms with E-state index in [9.17, 15) is 0 Å². The van der Waals surface area contributed by atoms with Crippen LogP contribution in [0.2, 0.25) is 5.02 Å². The fourth-order valence-electron chi connectivity index (χ4n) is 2.01. The van der Waals surface area contributed by atoms with Gasteiger partial charge in [-0.2, -0.15) is 0 Å². The van der Waals surface area contributed by atoms with E-state index in [0.29, 0.717) is 16.8 Å². The van der Waals surface area contributed by atoms with Gasteiger partial charge in [0.1, 0.15) is 5.76 Å². The maximum atomic E-state index is 6.26. The van der Waals surface area contributed by atoms with Crippen molar-refractivity contribution < 1.29 is 4.52 Å². The molecule has 4 heteroatoms. The molecule has 108 valence electrons. The molecule has 1 aromatic heterocycles. The summed E-state index contributed by atoms with van der Waals surface area (Å²) < 4.78 is 5.44. The lowest BCUT2D eigenvalue weighted by Gasteiger charge is -2.26. The van der Waals surface area contributed by atoms with E-state index < -0.39 is 0 Å². The number of nitrogens with two attached hydrogens (primary N) is 1. The van der Waals surface area contributed by atoms with E-state index in [1.807, 2.05) is 24.3 Å². The molecule has 2 rings (SSSR count). The van der Waals surface area contributed by atoms with Crippen LogP contribution in [-0.4, -0.2) is 5.16 Å². The Kier molecular flexibility index (Phi) is 4.09. The largest absolute Gasteiger partial charge is 0.380 e. The Balaban J connectivity index is 2.41. The zero-order valence-corrected chi connectivity index (χ0v) is 13.2. The standard InChI is InChI=1S/C16H21ClN2O/c1-10(16(2,3)4)9-13-14(15(18)19-20-13)11-7-5-6-8-12(11)17/h5-8,10H,9H2,1-4H3,(H2,18,19). The Morgan fingerprint density at radius 1 is 1.30 bits per heavy atom. The monoisotopic (exact) mass is 292 g/mol. The molecular weight excluding hydrogens is 272 g/mol. The lowest BCUT2D eigenvalue weighted by Crippen LogP contribution is -2.19. The lowest BCUT2D eigenvalue weighted by atomic mass is 9.79. The Hall–Kier alpha value is -1.48. The average Bonchev–Trinajstić information content (AvgIpc) is 2.70. The van der Waals surface area contributed by atoms with Crippen LogP contribution in [-0.2, 0) is 6.42 Å². The fraction of sp³-hybridized carbons (Fsp3) is 0.438. The molecule has 1 unspecified atom stereocenters. The van der Waals surface area contributed by atoms with Gasteiger partial charge in [-0.05, 0) is 17.4 Å². The molecule has 2 aromatic rings. The third kappa shape index (κ3) is 2.98. The summed E-state index contributed by atoms with van der Waals surface area (Å²) in [6, 6.07) is 7.62. The maximum Gasteiger partial charge on any atom is 0.175 e. The number of nitrogens with zero attached hydrogens (tertiary/aromatic N) is 1. The minimum absolute atomic E-state index is 0.194. The Morgan fingerprint density at radius 3 is 2.55 bits per heavy atom. The first-order valence-corrected chi connectivity index (χ1v) is 7.17. The van der Waals surface area contributed by atoms with E-state index in [0.717, 1.165) is 23.3 Å². The van der Waals surface area contributed by atoms with Crippen molar-refractivity contribution in [1.82, 2.24) is 5.16 Å². The van der Waals surface area contributed by atoms with Gasteiger partial charge in [-0.1, -0.05) is 62.7 Å². The first-order chi connectivity index (χ1) is 9.30. The zero-order valence-electron chi connectivity index (χ0n) is 12.4. The molecule has 0 fully saturated rings. The van der Waals surface area contributed by atoms with Crippen LogP contribution < -0.4 is 5.73 Å². The highest BCUT2D eigenvalue weighted by Gasteiger charge is 2.25. The second-order valence-corrected chi connectivity index (χ2v) is 6.72. The van der Waals surface area contributed by atoms with Crippen LogP contribution >= 0.6 is 11.6 Å². The first-order valence-electron chi connectivity index (χ1n) is 6.79. The van der Waals surface area contributed by atoms with Crippen LogP contribution in [0.4, 0.5) is 5.82 Å². The molecule has 3 nitrogen and oxygen atoms in total. The van der Waals surface area contributed by atoms with E-state index in [-0.39, 0.29) is 5.41 Å². The molecule has 20 heavy (non-hydrogen) atoms. The van der Waals surface area contributed by atoms with E-state index in [1.54, 1.807) is 0 Å². The zero-order chi connectivity index (χ0) is 14.9. The number of hydrogen-bond donors (Lipinski definition) is 1. The summed E-state index contributed by atoms with van der Waals surface area (Å²) in [5.41, 5.74) is 7.86. The van der Waals surface area contributed by atoms with Gasteiger partial charge in [0.2, 0.25) is 0 Å². The highest BCUT2D eigenvalue weighted by molar-refractivity contribution is 6.33. The van der Waals surface area contributed by atoms with Gasteiger partial charge in [0.15, 0.2) is 5.82 Å². The predicted octanol–water partition coefficient (Wildman–Crippen LogP) is 4.80. The van der Waals surface area contributed by atoms with Crippen molar-refractivity contribution in [2.24, 2.45) is 11.3 Å². The number of nitrogen functional groups attached to an aromatic ring is 1. The van der Waals surface area contributed by atoms with E-state index in [1.165, 1.54) is 0 Å². The molecule has 0 aliphatic heterocycles. The number of halogens is 1. The van der Waals surface area contributed by atoms with Crippen molar-refractivity contribution in [3.05, 3.63) is 35.0 Å². The fourth-order valence-corrected chi connectivity index (χ4v) is 2.24. The van der Waals surface area contributed by atoms with Gasteiger partial charge in [-0.3, -0.25) is 0 Å². The minimum atomic E-state index is 0.194. The molecule has 1 heterocycles. The van der Waals surface area contributed by atoms with Crippen molar-refractivity contribution in [3.8, 4) is 11.1 Å². The van der Waals surface area contributed by atoms with Crippen molar-refractivity contribution in [2.75, 3.05) is 5.73 Å². The first kappa shape index (κ1) is 14.9. The summed E-state index contributed by atoms with van der Waals surface area (Å²) >= 11 is 6.26. The molecule has 0 bridgehead atoms. The quantitative estimate of drug-likeness (QED) is 0.884. The maximum absolute atomic E-state index is 6.26. The van der Waals surface area contributed by atoms with Gasteiger partial charge in [0.25, 0.3) is 0 Å². The Labute approximate surface area is 125 Å². The van der Waals surface area contributed by atoms with Crippen LogP contribution in [0.1, 0.15) is 33.5 Å². The molecule has 0 aliphatic carbocycles. The molecule has 0 radical (unpaired) electrons. The number of rotatable bonds is 3. The SMILES string of the molecule is CC(Cc1onc(N)c1-c1ccccc1Cl)C(C)(C)C. The topological polar surface area (TPSA) is 52.0 Å². The number of anilines is 1. The number of aromatic nitrogens is 1. The predicted molar refractivity (Wildman–Crippen MR) is 83.7 cm³/mol. The Morgan fingerprint density at radius 2 is 1.95 bits per heavy atom. The molecule has 0 saturated heterocycles. The normalized spacial score (nSPS) is 13.4. The molecule has 0 amide bonds. The lowest BCUT2D eigenvalue weighted by molar-refractivity contribution is 0.240. The summed E-state index contributed by atoms with van der Waals surface area (Å²) in [6.07, 6.45) is 0.786. The van der Waals surface area contributed by atoms with Gasteiger partial charge >= 0.3 is 0 Å². The van der Waals surface area contributed by atoms with E-state index in [2.05, 4.69) is 32.9 Å².